The van der Waals surface area contributed by atoms with Crippen LogP contribution in [0, 0.1) is 0 Å². The molecule has 1 saturated heterocycles. The highest BCUT2D eigenvalue weighted by atomic mass is 16.5. The predicted molar refractivity (Wildman–Crippen MR) is 98.0 cm³/mol. The number of ether oxygens (including phenoxy) is 1. The minimum Gasteiger partial charge on any atom is -0.491 e. The van der Waals surface area contributed by atoms with Crippen LogP contribution in [0.3, 0.4) is 0 Å². The lowest BCUT2D eigenvalue weighted by Crippen LogP contribution is -2.52. The fraction of sp³-hybridized carbons (Fsp3) is 0.600. The van der Waals surface area contributed by atoms with E-state index in [-0.39, 0.29) is 30.1 Å². The second kappa shape index (κ2) is 7.56. The molecule has 1 aromatic rings. The molecule has 0 unspecified atom stereocenters. The van der Waals surface area contributed by atoms with Crippen molar-refractivity contribution < 1.29 is 14.3 Å². The van der Waals surface area contributed by atoms with Gasteiger partial charge < -0.3 is 20.3 Å². The molecule has 3 amide bonds. The van der Waals surface area contributed by atoms with Crippen LogP contribution in [0.15, 0.2) is 24.3 Å². The van der Waals surface area contributed by atoms with Gasteiger partial charge in [0.15, 0.2) is 0 Å². The van der Waals surface area contributed by atoms with Gasteiger partial charge in [0, 0.05) is 18.2 Å². The summed E-state index contributed by atoms with van der Waals surface area (Å²) in [7, 11) is 0. The Kier molecular flexibility index (Phi) is 5.00. The number of carbonyl (C=O) groups excluding carboxylic acids is 2. The molecule has 0 radical (unpaired) electrons. The molecule has 140 valence electrons. The Morgan fingerprint density at radius 3 is 2.65 bits per heavy atom. The van der Waals surface area contributed by atoms with Crippen LogP contribution in [0.4, 0.5) is 4.79 Å². The van der Waals surface area contributed by atoms with E-state index in [1.165, 1.54) is 19.3 Å². The lowest BCUT2D eigenvalue weighted by Gasteiger charge is -2.29. The van der Waals surface area contributed by atoms with Crippen LogP contribution in [0.25, 0.3) is 0 Å². The van der Waals surface area contributed by atoms with Crippen LogP contribution in [-0.4, -0.2) is 42.1 Å². The summed E-state index contributed by atoms with van der Waals surface area (Å²) in [4.78, 5) is 27.2. The number of hydrogen-bond acceptors (Lipinski definition) is 3. The quantitative estimate of drug-likeness (QED) is 0.874. The van der Waals surface area contributed by atoms with E-state index in [4.69, 9.17) is 4.74 Å². The minimum atomic E-state index is -0.383. The van der Waals surface area contributed by atoms with Gasteiger partial charge in [0.25, 0.3) is 0 Å². The standard InChI is InChI=1S/C20H27N3O3/c24-19(22-16-13-26-18-11-5-4-9-15(16)18)17-10-6-12-23(17)20(25)21-14-7-2-1-3-8-14/h4-5,9,11,14,16-17H,1-3,6-8,10,12-13H2,(H,21,25)(H,22,24)/t16-,17-/m1/s1. The summed E-state index contributed by atoms with van der Waals surface area (Å²) in [6, 6.07) is 7.43. The minimum absolute atomic E-state index is 0.0772. The van der Waals surface area contributed by atoms with Gasteiger partial charge in [0.05, 0.1) is 6.04 Å². The fourth-order valence-electron chi connectivity index (χ4n) is 4.34. The maximum absolute atomic E-state index is 12.8. The first kappa shape index (κ1) is 17.2. The molecule has 2 heterocycles. The second-order valence-electron chi connectivity index (χ2n) is 7.55. The predicted octanol–water partition coefficient (Wildman–Crippen LogP) is 2.74. The van der Waals surface area contributed by atoms with E-state index in [1.54, 1.807) is 4.90 Å². The van der Waals surface area contributed by atoms with Crippen molar-refractivity contribution >= 4 is 11.9 Å². The van der Waals surface area contributed by atoms with Crippen LogP contribution in [0.1, 0.15) is 56.6 Å². The van der Waals surface area contributed by atoms with Crippen LogP contribution in [-0.2, 0) is 4.79 Å². The molecule has 0 bridgehead atoms. The zero-order valence-corrected chi connectivity index (χ0v) is 15.1. The third-order valence-electron chi connectivity index (χ3n) is 5.77. The third kappa shape index (κ3) is 3.50. The molecule has 1 aliphatic carbocycles. The Hall–Kier alpha value is -2.24. The fourth-order valence-corrected chi connectivity index (χ4v) is 4.34. The number of carbonyl (C=O) groups is 2. The van der Waals surface area contributed by atoms with E-state index in [2.05, 4.69) is 10.6 Å². The number of rotatable bonds is 3. The van der Waals surface area contributed by atoms with E-state index in [9.17, 15) is 9.59 Å². The van der Waals surface area contributed by atoms with Gasteiger partial charge >= 0.3 is 6.03 Å². The number of nitrogens with one attached hydrogen (secondary N) is 2. The lowest BCUT2D eigenvalue weighted by molar-refractivity contribution is -0.125. The molecular weight excluding hydrogens is 330 g/mol. The highest BCUT2D eigenvalue weighted by Gasteiger charge is 2.37. The molecule has 2 atom stereocenters. The van der Waals surface area contributed by atoms with Gasteiger partial charge in [-0.2, -0.15) is 0 Å². The Balaban J connectivity index is 1.37. The average Bonchev–Trinajstić information content (AvgIpc) is 3.30. The van der Waals surface area contributed by atoms with Crippen molar-refractivity contribution in [3.8, 4) is 5.75 Å². The molecule has 1 saturated carbocycles. The van der Waals surface area contributed by atoms with Gasteiger partial charge in [-0.15, -0.1) is 0 Å². The first-order valence-corrected chi connectivity index (χ1v) is 9.81. The SMILES string of the molecule is O=C(N[C@@H]1COc2ccccc21)[C@H]1CCCN1C(=O)NC1CCCCC1. The van der Waals surface area contributed by atoms with Crippen LogP contribution in [0.2, 0.25) is 0 Å². The molecule has 26 heavy (non-hydrogen) atoms. The van der Waals surface area contributed by atoms with Crippen LogP contribution >= 0.6 is 0 Å². The summed E-state index contributed by atoms with van der Waals surface area (Å²) in [6.45, 7) is 1.10. The van der Waals surface area contributed by atoms with Gasteiger partial charge in [-0.25, -0.2) is 4.79 Å². The Bertz CT molecular complexity index is 672. The number of amides is 3. The molecule has 6 heteroatoms. The number of nitrogens with zero attached hydrogens (tertiary/aromatic N) is 1. The molecule has 0 spiro atoms. The van der Waals surface area contributed by atoms with Crippen molar-refractivity contribution in [3.63, 3.8) is 0 Å². The first-order chi connectivity index (χ1) is 12.7. The molecule has 3 aliphatic rings. The van der Waals surface area contributed by atoms with Gasteiger partial charge in [0.2, 0.25) is 5.91 Å². The Morgan fingerprint density at radius 2 is 1.81 bits per heavy atom. The van der Waals surface area contributed by atoms with Crippen molar-refractivity contribution in [2.45, 2.75) is 63.1 Å². The number of likely N-dealkylation sites (tertiary alicyclic amines) is 1. The van der Waals surface area contributed by atoms with Crippen molar-refractivity contribution in [3.05, 3.63) is 29.8 Å². The maximum atomic E-state index is 12.8. The highest BCUT2D eigenvalue weighted by molar-refractivity contribution is 5.88. The number of para-hydroxylation sites is 1. The molecular formula is C20H27N3O3. The van der Waals surface area contributed by atoms with Crippen LogP contribution in [0.5, 0.6) is 5.75 Å². The number of urea groups is 1. The summed E-state index contributed by atoms with van der Waals surface area (Å²) in [6.07, 6.45) is 7.30. The van der Waals surface area contributed by atoms with Crippen molar-refractivity contribution in [2.75, 3.05) is 13.2 Å². The summed E-state index contributed by atoms with van der Waals surface area (Å²) >= 11 is 0. The summed E-state index contributed by atoms with van der Waals surface area (Å²) in [5, 5.41) is 6.22. The highest BCUT2D eigenvalue weighted by Crippen LogP contribution is 2.32. The van der Waals surface area contributed by atoms with E-state index < -0.39 is 0 Å². The van der Waals surface area contributed by atoms with Gasteiger partial charge in [-0.1, -0.05) is 37.5 Å². The largest absolute Gasteiger partial charge is 0.491 e. The van der Waals surface area contributed by atoms with E-state index in [0.717, 1.165) is 37.0 Å². The summed E-state index contributed by atoms with van der Waals surface area (Å²) < 4.78 is 5.64. The van der Waals surface area contributed by atoms with Crippen molar-refractivity contribution in [1.82, 2.24) is 15.5 Å². The molecule has 2 fully saturated rings. The monoisotopic (exact) mass is 357 g/mol. The Labute approximate surface area is 154 Å². The van der Waals surface area contributed by atoms with Gasteiger partial charge in [0.1, 0.15) is 18.4 Å². The second-order valence-corrected chi connectivity index (χ2v) is 7.55. The van der Waals surface area contributed by atoms with E-state index >= 15 is 0 Å². The van der Waals surface area contributed by atoms with Crippen molar-refractivity contribution in [2.24, 2.45) is 0 Å². The zero-order valence-electron chi connectivity index (χ0n) is 15.1. The van der Waals surface area contributed by atoms with E-state index in [1.807, 2.05) is 24.3 Å². The average molecular weight is 357 g/mol. The molecule has 4 rings (SSSR count). The summed E-state index contributed by atoms with van der Waals surface area (Å²) in [5.41, 5.74) is 1.01. The molecule has 2 N–H and O–H groups in total. The first-order valence-electron chi connectivity index (χ1n) is 9.81. The Morgan fingerprint density at radius 1 is 1.00 bits per heavy atom. The third-order valence-corrected chi connectivity index (χ3v) is 5.77. The number of fused-ring (bicyclic) bond motifs is 1. The molecule has 1 aromatic carbocycles. The zero-order chi connectivity index (χ0) is 17.9. The normalized spacial score (nSPS) is 25.5. The maximum Gasteiger partial charge on any atom is 0.318 e. The van der Waals surface area contributed by atoms with Crippen molar-refractivity contribution in [1.29, 1.82) is 0 Å². The smallest absolute Gasteiger partial charge is 0.318 e. The number of benzene rings is 1. The topological polar surface area (TPSA) is 70.7 Å². The lowest BCUT2D eigenvalue weighted by atomic mass is 9.96. The van der Waals surface area contributed by atoms with Gasteiger partial charge in [-0.05, 0) is 31.7 Å². The van der Waals surface area contributed by atoms with E-state index in [0.29, 0.717) is 13.2 Å². The van der Waals surface area contributed by atoms with Crippen LogP contribution < -0.4 is 15.4 Å². The number of hydrogen-bond donors (Lipinski definition) is 2. The molecule has 0 aromatic heterocycles. The summed E-state index contributed by atoms with van der Waals surface area (Å²) in [5.74, 6) is 0.753. The molecule has 2 aliphatic heterocycles. The molecule has 6 nitrogen and oxygen atoms in total. The van der Waals surface area contributed by atoms with Gasteiger partial charge in [-0.3, -0.25) is 4.79 Å².